The van der Waals surface area contributed by atoms with Gasteiger partial charge in [0.1, 0.15) is 11.7 Å². The minimum Gasteiger partial charge on any atom is -0.454 e. The summed E-state index contributed by atoms with van der Waals surface area (Å²) >= 11 is 1.80. The Bertz CT molecular complexity index is 5770. The van der Waals surface area contributed by atoms with Crippen molar-refractivity contribution >= 4 is 146 Å². The molecule has 0 bridgehead atoms. The van der Waals surface area contributed by atoms with E-state index >= 15 is 0 Å². The summed E-state index contributed by atoms with van der Waals surface area (Å²) in [6.07, 6.45) is 0. The normalized spacial score (nSPS) is 12.8. The van der Waals surface area contributed by atoms with E-state index in [4.69, 9.17) is 9.26 Å². The van der Waals surface area contributed by atoms with Gasteiger partial charge in [-0.1, -0.05) is 190 Å². The van der Waals surface area contributed by atoms with Crippen molar-refractivity contribution in [3.63, 3.8) is 0 Å². The molecule has 17 rings (SSSR count). The number of para-hydroxylation sites is 5. The molecule has 7 nitrogen and oxygen atoms in total. The number of aromatic nitrogens is 4. The highest BCUT2D eigenvalue weighted by molar-refractivity contribution is 7.26. The molecule has 0 amide bonds. The van der Waals surface area contributed by atoms with E-state index in [9.17, 15) is 11.8 Å². The van der Waals surface area contributed by atoms with Gasteiger partial charge in [0.05, 0.1) is 83.7 Å². The number of thiophene rings is 1. The highest BCUT2D eigenvalue weighted by atomic mass is 32.1. The molecule has 11 aromatic carbocycles. The van der Waals surface area contributed by atoms with Gasteiger partial charge in [-0.25, -0.2) is 4.85 Å². The summed E-state index contributed by atoms with van der Waals surface area (Å²) in [5.74, 6) is 0. The predicted octanol–water partition coefficient (Wildman–Crippen LogP) is 22.7. The molecule has 0 N–H and O–H groups in total. The van der Waals surface area contributed by atoms with Crippen LogP contribution in [0.1, 0.15) is 84.6 Å². The van der Waals surface area contributed by atoms with Crippen LogP contribution in [0.5, 0.6) is 0 Å². The number of nitrogens with zero attached hydrogens (tertiary/aromatic N) is 6. The summed E-state index contributed by atoms with van der Waals surface area (Å²) in [6, 6.07) is 75.1. The smallest absolute Gasteiger partial charge is 0.237 e. The molecule has 8 heteroatoms. The third-order valence-corrected chi connectivity index (χ3v) is 20.0. The summed E-state index contributed by atoms with van der Waals surface area (Å²) in [5.41, 5.74) is 15.1. The maximum atomic E-state index is 13.1. The highest BCUT2D eigenvalue weighted by Gasteiger charge is 2.37. The highest BCUT2D eigenvalue weighted by Crippen LogP contribution is 2.55. The second kappa shape index (κ2) is 18.1. The largest absolute Gasteiger partial charge is 0.454 e. The summed E-state index contributed by atoms with van der Waals surface area (Å²) < 4.78 is 18.9. The monoisotopic (exact) mass is 1150 g/mol. The molecule has 0 saturated heterocycles. The molecule has 88 heavy (non-hydrogen) atoms. The first-order valence-electron chi connectivity index (χ1n) is 30.3. The van der Waals surface area contributed by atoms with E-state index in [1.165, 1.54) is 32.2 Å². The first kappa shape index (κ1) is 52.0. The molecule has 0 atom stereocenters. The Hall–Kier alpha value is -10.4. The lowest BCUT2D eigenvalue weighted by Gasteiger charge is -2.28. The fraction of sp³-hybridized carbons (Fsp3) is 0.150. The van der Waals surface area contributed by atoms with Crippen LogP contribution in [0.2, 0.25) is 0 Å². The predicted molar refractivity (Wildman–Crippen MR) is 371 cm³/mol. The molecule has 0 radical (unpaired) electrons. The zero-order valence-corrected chi connectivity index (χ0v) is 51.4. The summed E-state index contributed by atoms with van der Waals surface area (Å²) in [6.45, 7) is 30.8. The lowest BCUT2D eigenvalue weighted by molar-refractivity contribution is 0.591. The van der Waals surface area contributed by atoms with Crippen molar-refractivity contribution in [2.45, 2.75) is 78.6 Å². The summed E-state index contributed by atoms with van der Waals surface area (Å²) in [5, 5.41) is 25.9. The Kier molecular flexibility index (Phi) is 10.7. The fourth-order valence-corrected chi connectivity index (χ4v) is 16.0. The van der Waals surface area contributed by atoms with Gasteiger partial charge in [0.2, 0.25) is 5.69 Å². The Labute approximate surface area is 512 Å². The molecular weight excluding hydrogens is 1090 g/mol. The Morgan fingerprint density at radius 3 is 1.41 bits per heavy atom. The van der Waals surface area contributed by atoms with Gasteiger partial charge in [-0.3, -0.25) is 0 Å². The zero-order valence-electron chi connectivity index (χ0n) is 50.6. The molecule has 17 aromatic rings. The molecule has 422 valence electrons. The van der Waals surface area contributed by atoms with Crippen LogP contribution in [0.25, 0.3) is 157 Å². The van der Waals surface area contributed by atoms with E-state index < -0.39 is 0 Å². The molecule has 0 aliphatic rings. The molecule has 6 heterocycles. The number of furan rings is 1. The van der Waals surface area contributed by atoms with Gasteiger partial charge in [-0.2, -0.15) is 5.26 Å². The maximum Gasteiger partial charge on any atom is 0.237 e. The lowest BCUT2D eigenvalue weighted by Crippen LogP contribution is -2.15. The molecule has 0 saturated carbocycles. The van der Waals surface area contributed by atoms with E-state index in [-0.39, 0.29) is 16.2 Å². The Morgan fingerprint density at radius 2 is 0.875 bits per heavy atom. The van der Waals surface area contributed by atoms with Crippen LogP contribution in [0, 0.1) is 17.9 Å². The second-order valence-electron chi connectivity index (χ2n) is 27.0. The van der Waals surface area contributed by atoms with E-state index in [0.29, 0.717) is 34.0 Å². The SMILES string of the molecule is [C-]#[N+]c1c(-n2c3ccccc3c3ccccc32)c(-n2c3ccc(C(C)(C)C)cc3c3ccc4c5ccccc5oc4c32)c(-n2c3ccccc3c3ccccc32)c(C#N)c1-n1c2ccc(C(C)(C)C)cc2c2cc(C(C)(C)C)c3c4ccccc4sc3c21. The molecule has 0 aliphatic carbocycles. The van der Waals surface area contributed by atoms with Crippen molar-refractivity contribution in [3.05, 3.63) is 234 Å². The first-order valence-corrected chi connectivity index (χ1v) is 31.2. The van der Waals surface area contributed by atoms with Gasteiger partial charge < -0.3 is 22.7 Å². The fourth-order valence-electron chi connectivity index (χ4n) is 14.7. The lowest BCUT2D eigenvalue weighted by atomic mass is 9.82. The van der Waals surface area contributed by atoms with E-state index in [2.05, 4.69) is 275 Å². The van der Waals surface area contributed by atoms with Gasteiger partial charge in [0, 0.05) is 69.3 Å². The number of rotatable bonds is 4. The molecular formula is C80H60N6OS. The van der Waals surface area contributed by atoms with Crippen molar-refractivity contribution in [1.29, 1.82) is 5.26 Å². The van der Waals surface area contributed by atoms with Crippen LogP contribution in [0.4, 0.5) is 5.69 Å². The minimum atomic E-state index is -0.248. The van der Waals surface area contributed by atoms with Crippen molar-refractivity contribution in [2.24, 2.45) is 0 Å². The maximum absolute atomic E-state index is 13.1. The average Bonchev–Trinajstić information content (AvgIpc) is 1.49. The number of hydrogen-bond donors (Lipinski definition) is 0. The third-order valence-electron chi connectivity index (χ3n) is 18.8. The van der Waals surface area contributed by atoms with Crippen molar-refractivity contribution in [3.8, 4) is 28.8 Å². The zero-order chi connectivity index (χ0) is 60.0. The van der Waals surface area contributed by atoms with Crippen molar-refractivity contribution in [2.75, 3.05) is 0 Å². The van der Waals surface area contributed by atoms with Crippen molar-refractivity contribution < 1.29 is 4.42 Å². The van der Waals surface area contributed by atoms with E-state index in [1.807, 2.05) is 12.1 Å². The van der Waals surface area contributed by atoms with Crippen molar-refractivity contribution in [1.82, 2.24) is 18.3 Å². The Balaban J connectivity index is 1.21. The number of fused-ring (bicyclic) bond motifs is 20. The number of hydrogen-bond acceptors (Lipinski definition) is 3. The molecule has 0 spiro atoms. The molecule has 0 unspecified atom stereocenters. The molecule has 6 aromatic heterocycles. The second-order valence-corrected chi connectivity index (χ2v) is 28.1. The van der Waals surface area contributed by atoms with Crippen LogP contribution in [-0.2, 0) is 16.2 Å². The van der Waals surface area contributed by atoms with Crippen LogP contribution in [-0.4, -0.2) is 18.3 Å². The van der Waals surface area contributed by atoms with Crippen LogP contribution >= 0.6 is 11.3 Å². The molecule has 0 fully saturated rings. The topological polar surface area (TPSA) is 61.0 Å². The number of benzene rings is 11. The van der Waals surface area contributed by atoms with Crippen LogP contribution in [0.15, 0.2) is 205 Å². The summed E-state index contributed by atoms with van der Waals surface area (Å²) in [7, 11) is 0. The van der Waals surface area contributed by atoms with Gasteiger partial charge in [0.15, 0.2) is 5.58 Å². The standard InChI is InChI=1S/C80H60N6OS/c1-78(2,3)45-35-39-64-55(41-45)52-37-38-53-51-27-15-21-33-66(51)87-76(53)72(52)86(64)75-71(83-60-29-17-11-23-47(60)48-24-12-18-30-61(48)83)58(44-81)70(69(82-10)74(75)84-62-31-19-13-25-49(62)50-26-14-20-32-63(50)84)85-65-40-36-46(79(4,5)6)42-56(65)57-43-59(80(7,8)9)68-54-28-16-22-34-67(54)88-77(68)73(57)85/h11-43H,1-9H3. The van der Waals surface area contributed by atoms with Crippen LogP contribution in [0.3, 0.4) is 0 Å². The van der Waals surface area contributed by atoms with Gasteiger partial charge in [-0.15, -0.1) is 11.3 Å². The molecule has 0 aliphatic heterocycles. The number of nitriles is 1. The third kappa shape index (κ3) is 7.04. The van der Waals surface area contributed by atoms with Gasteiger partial charge in [-0.05, 0) is 106 Å². The summed E-state index contributed by atoms with van der Waals surface area (Å²) in [4.78, 5) is 4.99. The first-order chi connectivity index (χ1) is 42.5. The minimum absolute atomic E-state index is 0.188. The average molecular weight is 1150 g/mol. The van der Waals surface area contributed by atoms with E-state index in [0.717, 1.165) is 114 Å². The van der Waals surface area contributed by atoms with E-state index in [1.54, 1.807) is 11.3 Å². The quantitative estimate of drug-likeness (QED) is 0.165. The van der Waals surface area contributed by atoms with Gasteiger partial charge in [0.25, 0.3) is 0 Å². The van der Waals surface area contributed by atoms with Gasteiger partial charge >= 0.3 is 0 Å². The van der Waals surface area contributed by atoms with Crippen LogP contribution < -0.4 is 0 Å². The Morgan fingerprint density at radius 1 is 0.409 bits per heavy atom.